The number of amides is 2. The normalized spacial score (nSPS) is 13.7. The first-order chi connectivity index (χ1) is 11.0. The summed E-state index contributed by atoms with van der Waals surface area (Å²) < 4.78 is 0. The lowest BCUT2D eigenvalue weighted by molar-refractivity contribution is -0.116. The van der Waals surface area contributed by atoms with Gasteiger partial charge in [0.1, 0.15) is 4.88 Å². The standard InChI is InChI=1S/C17H19N3O2S/c1-11-15(16(22)19-14-8-9-14)23-17(18-11)20(12(2)21)10-13-6-4-3-5-7-13/h3-7,14H,8-10H2,1-2H3,(H,19,22). The Bertz CT molecular complexity index is 723. The van der Waals surface area contributed by atoms with E-state index in [0.29, 0.717) is 28.3 Å². The van der Waals surface area contributed by atoms with Crippen LogP contribution in [0.25, 0.3) is 0 Å². The van der Waals surface area contributed by atoms with Gasteiger partial charge in [-0.15, -0.1) is 0 Å². The van der Waals surface area contributed by atoms with E-state index in [1.165, 1.54) is 18.3 Å². The van der Waals surface area contributed by atoms with E-state index in [-0.39, 0.29) is 11.8 Å². The fourth-order valence-corrected chi connectivity index (χ4v) is 3.28. The van der Waals surface area contributed by atoms with Gasteiger partial charge in [0.05, 0.1) is 12.2 Å². The number of aryl methyl sites for hydroxylation is 1. The van der Waals surface area contributed by atoms with Crippen LogP contribution in [0.5, 0.6) is 0 Å². The van der Waals surface area contributed by atoms with Gasteiger partial charge < -0.3 is 5.32 Å². The summed E-state index contributed by atoms with van der Waals surface area (Å²) in [5.74, 6) is -0.172. The molecule has 1 aromatic carbocycles. The number of thiazole rings is 1. The van der Waals surface area contributed by atoms with E-state index in [2.05, 4.69) is 10.3 Å². The highest BCUT2D eigenvalue weighted by Crippen LogP contribution is 2.28. The molecule has 1 saturated carbocycles. The summed E-state index contributed by atoms with van der Waals surface area (Å²) in [5, 5.41) is 3.54. The maximum Gasteiger partial charge on any atom is 0.263 e. The van der Waals surface area contributed by atoms with Crippen LogP contribution in [0.4, 0.5) is 5.13 Å². The van der Waals surface area contributed by atoms with Crippen LogP contribution in [0.1, 0.15) is 40.7 Å². The fourth-order valence-electron chi connectivity index (χ4n) is 2.27. The SMILES string of the molecule is CC(=O)N(Cc1ccccc1)c1nc(C)c(C(=O)NC2CC2)s1. The zero-order chi connectivity index (χ0) is 16.4. The molecule has 3 rings (SSSR count). The number of benzene rings is 1. The van der Waals surface area contributed by atoms with Gasteiger partial charge in [-0.25, -0.2) is 4.98 Å². The average molecular weight is 329 g/mol. The summed E-state index contributed by atoms with van der Waals surface area (Å²) in [6.45, 7) is 3.78. The van der Waals surface area contributed by atoms with Gasteiger partial charge in [0.2, 0.25) is 5.91 Å². The number of carbonyl (C=O) groups is 2. The minimum atomic E-state index is -0.0863. The summed E-state index contributed by atoms with van der Waals surface area (Å²) in [6.07, 6.45) is 2.09. The minimum absolute atomic E-state index is 0.0861. The average Bonchev–Trinajstić information content (AvgIpc) is 3.25. The monoisotopic (exact) mass is 329 g/mol. The third kappa shape index (κ3) is 3.76. The maximum absolute atomic E-state index is 12.2. The van der Waals surface area contributed by atoms with Crippen molar-refractivity contribution in [3.8, 4) is 0 Å². The zero-order valence-corrected chi connectivity index (χ0v) is 14.0. The maximum atomic E-state index is 12.2. The highest BCUT2D eigenvalue weighted by atomic mass is 32.1. The number of aromatic nitrogens is 1. The lowest BCUT2D eigenvalue weighted by Crippen LogP contribution is -2.27. The van der Waals surface area contributed by atoms with Crippen LogP contribution < -0.4 is 10.2 Å². The predicted octanol–water partition coefficient (Wildman–Crippen LogP) is 2.90. The first kappa shape index (κ1) is 15.7. The van der Waals surface area contributed by atoms with Crippen molar-refractivity contribution in [1.82, 2.24) is 10.3 Å². The molecule has 120 valence electrons. The van der Waals surface area contributed by atoms with Gasteiger partial charge in [-0.3, -0.25) is 14.5 Å². The van der Waals surface area contributed by atoms with E-state index in [4.69, 9.17) is 0 Å². The molecule has 5 nitrogen and oxygen atoms in total. The van der Waals surface area contributed by atoms with Crippen molar-refractivity contribution in [2.75, 3.05) is 4.90 Å². The van der Waals surface area contributed by atoms with Gasteiger partial charge in [-0.05, 0) is 25.3 Å². The Morgan fingerprint density at radius 1 is 1.30 bits per heavy atom. The first-order valence-electron chi connectivity index (χ1n) is 7.65. The second-order valence-electron chi connectivity index (χ2n) is 5.75. The molecule has 1 heterocycles. The Hall–Kier alpha value is -2.21. The van der Waals surface area contributed by atoms with Crippen LogP contribution in [0.2, 0.25) is 0 Å². The lowest BCUT2D eigenvalue weighted by Gasteiger charge is -2.17. The molecule has 2 aromatic rings. The van der Waals surface area contributed by atoms with Crippen molar-refractivity contribution < 1.29 is 9.59 Å². The number of hydrogen-bond donors (Lipinski definition) is 1. The van der Waals surface area contributed by atoms with Gasteiger partial charge in [-0.1, -0.05) is 41.7 Å². The molecule has 2 amide bonds. The molecular weight excluding hydrogens is 310 g/mol. The third-order valence-electron chi connectivity index (χ3n) is 3.70. The van der Waals surface area contributed by atoms with Crippen LogP contribution in [-0.4, -0.2) is 22.8 Å². The minimum Gasteiger partial charge on any atom is -0.349 e. The van der Waals surface area contributed by atoms with E-state index in [1.54, 1.807) is 4.90 Å². The predicted molar refractivity (Wildman–Crippen MR) is 90.6 cm³/mol. The lowest BCUT2D eigenvalue weighted by atomic mass is 10.2. The van der Waals surface area contributed by atoms with Crippen LogP contribution in [0.3, 0.4) is 0 Å². The molecule has 0 unspecified atom stereocenters. The van der Waals surface area contributed by atoms with Crippen molar-refractivity contribution in [3.63, 3.8) is 0 Å². The molecule has 0 bridgehead atoms. The molecule has 1 aromatic heterocycles. The van der Waals surface area contributed by atoms with Crippen molar-refractivity contribution in [2.24, 2.45) is 0 Å². The number of nitrogens with zero attached hydrogens (tertiary/aromatic N) is 2. The van der Waals surface area contributed by atoms with Crippen LogP contribution in [0, 0.1) is 6.92 Å². The molecule has 0 saturated heterocycles. The van der Waals surface area contributed by atoms with Crippen LogP contribution in [0.15, 0.2) is 30.3 Å². The van der Waals surface area contributed by atoms with Gasteiger partial charge in [-0.2, -0.15) is 0 Å². The Labute approximate surface area is 139 Å². The van der Waals surface area contributed by atoms with Crippen LogP contribution in [-0.2, 0) is 11.3 Å². The first-order valence-corrected chi connectivity index (χ1v) is 8.46. The van der Waals surface area contributed by atoms with Crippen molar-refractivity contribution in [2.45, 2.75) is 39.3 Å². The molecule has 1 aliphatic carbocycles. The van der Waals surface area contributed by atoms with E-state index >= 15 is 0 Å². The molecule has 1 N–H and O–H groups in total. The number of hydrogen-bond acceptors (Lipinski definition) is 4. The van der Waals surface area contributed by atoms with Gasteiger partial charge in [0, 0.05) is 13.0 Å². The van der Waals surface area contributed by atoms with Crippen molar-refractivity contribution in [3.05, 3.63) is 46.5 Å². The highest BCUT2D eigenvalue weighted by molar-refractivity contribution is 7.17. The molecule has 1 fully saturated rings. The zero-order valence-electron chi connectivity index (χ0n) is 13.2. The van der Waals surface area contributed by atoms with E-state index in [0.717, 1.165) is 18.4 Å². The summed E-state index contributed by atoms with van der Waals surface area (Å²) in [4.78, 5) is 30.9. The number of anilines is 1. The summed E-state index contributed by atoms with van der Waals surface area (Å²) >= 11 is 1.27. The Morgan fingerprint density at radius 3 is 2.61 bits per heavy atom. The summed E-state index contributed by atoms with van der Waals surface area (Å²) in [6, 6.07) is 10.1. The Morgan fingerprint density at radius 2 is 2.00 bits per heavy atom. The van der Waals surface area contributed by atoms with Crippen molar-refractivity contribution >= 4 is 28.3 Å². The van der Waals surface area contributed by atoms with Crippen LogP contribution >= 0.6 is 11.3 Å². The number of rotatable bonds is 5. The molecule has 0 radical (unpaired) electrons. The quantitative estimate of drug-likeness (QED) is 0.917. The van der Waals surface area contributed by atoms with E-state index < -0.39 is 0 Å². The third-order valence-corrected chi connectivity index (χ3v) is 4.88. The second kappa shape index (κ2) is 6.50. The molecule has 6 heteroatoms. The Kier molecular flexibility index (Phi) is 4.43. The van der Waals surface area contributed by atoms with Gasteiger partial charge >= 0.3 is 0 Å². The second-order valence-corrected chi connectivity index (χ2v) is 6.73. The fraction of sp³-hybridized carbons (Fsp3) is 0.353. The molecule has 0 atom stereocenters. The highest BCUT2D eigenvalue weighted by Gasteiger charge is 2.27. The Balaban J connectivity index is 1.82. The van der Waals surface area contributed by atoms with E-state index in [1.807, 2.05) is 37.3 Å². The van der Waals surface area contributed by atoms with E-state index in [9.17, 15) is 9.59 Å². The molecule has 1 aliphatic rings. The van der Waals surface area contributed by atoms with Gasteiger partial charge in [0.25, 0.3) is 5.91 Å². The smallest absolute Gasteiger partial charge is 0.263 e. The van der Waals surface area contributed by atoms with Gasteiger partial charge in [0.15, 0.2) is 5.13 Å². The topological polar surface area (TPSA) is 62.3 Å². The largest absolute Gasteiger partial charge is 0.349 e. The molecule has 0 aliphatic heterocycles. The number of nitrogens with one attached hydrogen (secondary N) is 1. The molecule has 0 spiro atoms. The summed E-state index contributed by atoms with van der Waals surface area (Å²) in [7, 11) is 0. The molecule has 23 heavy (non-hydrogen) atoms. The van der Waals surface area contributed by atoms with Crippen molar-refractivity contribution in [1.29, 1.82) is 0 Å². The number of carbonyl (C=O) groups excluding carboxylic acids is 2. The summed E-state index contributed by atoms with van der Waals surface area (Å²) in [5.41, 5.74) is 1.70. The molecular formula is C17H19N3O2S.